The van der Waals surface area contributed by atoms with Gasteiger partial charge in [0.1, 0.15) is 5.01 Å². The Bertz CT molecular complexity index is 461. The van der Waals surface area contributed by atoms with Gasteiger partial charge in [0.25, 0.3) is 0 Å². The first-order chi connectivity index (χ1) is 7.83. The number of thiophene rings is 1. The van der Waals surface area contributed by atoms with E-state index >= 15 is 0 Å². The average Bonchev–Trinajstić information content (AvgIpc) is 2.82. The molecule has 1 N–H and O–H groups in total. The zero-order valence-electron chi connectivity index (χ0n) is 9.14. The van der Waals surface area contributed by atoms with Gasteiger partial charge < -0.3 is 5.32 Å². The summed E-state index contributed by atoms with van der Waals surface area (Å²) in [6.07, 6.45) is 3.33. The summed E-state index contributed by atoms with van der Waals surface area (Å²) in [5.74, 6) is 0.865. The van der Waals surface area contributed by atoms with E-state index < -0.39 is 0 Å². The third-order valence-electron chi connectivity index (χ3n) is 2.97. The number of nitrogens with one attached hydrogen (secondary N) is 1. The monoisotopic (exact) mass is 250 g/mol. The molecule has 1 aliphatic carbocycles. The van der Waals surface area contributed by atoms with Gasteiger partial charge in [-0.3, -0.25) is 0 Å². The van der Waals surface area contributed by atoms with Crippen LogP contribution in [-0.4, -0.2) is 11.0 Å². The van der Waals surface area contributed by atoms with E-state index in [2.05, 4.69) is 34.1 Å². The van der Waals surface area contributed by atoms with Gasteiger partial charge in [-0.15, -0.1) is 11.3 Å². The van der Waals surface area contributed by atoms with E-state index in [4.69, 9.17) is 0 Å². The topological polar surface area (TPSA) is 24.9 Å². The molecule has 1 saturated carbocycles. The maximum Gasteiger partial charge on any atom is 0.124 e. The van der Waals surface area contributed by atoms with Crippen molar-refractivity contribution in [1.29, 1.82) is 0 Å². The highest BCUT2D eigenvalue weighted by molar-refractivity contribution is 7.15. The van der Waals surface area contributed by atoms with Crippen molar-refractivity contribution in [2.24, 2.45) is 5.92 Å². The Labute approximate surface area is 103 Å². The van der Waals surface area contributed by atoms with E-state index in [9.17, 15) is 0 Å². The Morgan fingerprint density at radius 3 is 3.12 bits per heavy atom. The Kier molecular flexibility index (Phi) is 2.79. The maximum absolute atomic E-state index is 4.46. The van der Waals surface area contributed by atoms with E-state index in [1.807, 2.05) is 6.20 Å². The minimum Gasteiger partial charge on any atom is -0.309 e. The summed E-state index contributed by atoms with van der Waals surface area (Å²) >= 11 is 3.52. The van der Waals surface area contributed by atoms with Gasteiger partial charge in [0.15, 0.2) is 0 Å². The van der Waals surface area contributed by atoms with Crippen LogP contribution in [0.1, 0.15) is 18.2 Å². The Hall–Kier alpha value is -0.710. The van der Waals surface area contributed by atoms with Crippen LogP contribution in [0.4, 0.5) is 0 Å². The van der Waals surface area contributed by atoms with Gasteiger partial charge in [0.05, 0.1) is 0 Å². The Balaban J connectivity index is 1.64. The first-order valence-corrected chi connectivity index (χ1v) is 7.29. The fourth-order valence-corrected chi connectivity index (χ4v) is 3.32. The van der Waals surface area contributed by atoms with E-state index in [1.165, 1.54) is 16.9 Å². The second kappa shape index (κ2) is 4.28. The minimum absolute atomic E-state index is 0.742. The van der Waals surface area contributed by atoms with Crippen LogP contribution in [0.25, 0.3) is 10.6 Å². The van der Waals surface area contributed by atoms with Gasteiger partial charge in [-0.2, -0.15) is 11.3 Å². The molecule has 16 heavy (non-hydrogen) atoms. The van der Waals surface area contributed by atoms with Crippen LogP contribution in [-0.2, 0) is 6.54 Å². The molecule has 2 atom stereocenters. The van der Waals surface area contributed by atoms with Crippen molar-refractivity contribution < 1.29 is 0 Å². The molecule has 0 radical (unpaired) electrons. The molecule has 2 aromatic rings. The summed E-state index contributed by atoms with van der Waals surface area (Å²) in [7, 11) is 0. The summed E-state index contributed by atoms with van der Waals surface area (Å²) in [5.41, 5.74) is 1.25. The SMILES string of the molecule is CC1CC1NCc1cnc(-c2ccsc2)s1. The summed E-state index contributed by atoms with van der Waals surface area (Å²) in [6.45, 7) is 3.26. The van der Waals surface area contributed by atoms with Crippen LogP contribution in [0.15, 0.2) is 23.0 Å². The van der Waals surface area contributed by atoms with Crippen molar-refractivity contribution in [3.8, 4) is 10.6 Å². The van der Waals surface area contributed by atoms with Crippen molar-refractivity contribution in [3.05, 3.63) is 27.9 Å². The molecule has 2 unspecified atom stereocenters. The fraction of sp³-hybridized carbons (Fsp3) is 0.417. The van der Waals surface area contributed by atoms with Crippen molar-refractivity contribution in [3.63, 3.8) is 0 Å². The van der Waals surface area contributed by atoms with Gasteiger partial charge in [-0.05, 0) is 23.8 Å². The highest BCUT2D eigenvalue weighted by Crippen LogP contribution is 2.30. The number of hydrogen-bond acceptors (Lipinski definition) is 4. The molecule has 4 heteroatoms. The number of hydrogen-bond donors (Lipinski definition) is 1. The molecule has 0 bridgehead atoms. The van der Waals surface area contributed by atoms with Gasteiger partial charge in [-0.1, -0.05) is 6.92 Å². The van der Waals surface area contributed by atoms with Gasteiger partial charge in [-0.25, -0.2) is 4.98 Å². The molecule has 2 aromatic heterocycles. The quantitative estimate of drug-likeness (QED) is 0.900. The zero-order chi connectivity index (χ0) is 11.0. The molecule has 84 valence electrons. The van der Waals surface area contributed by atoms with Gasteiger partial charge in [0.2, 0.25) is 0 Å². The van der Waals surface area contributed by atoms with Gasteiger partial charge >= 0.3 is 0 Å². The largest absolute Gasteiger partial charge is 0.309 e. The molecule has 2 heterocycles. The number of aromatic nitrogens is 1. The van der Waals surface area contributed by atoms with Crippen LogP contribution < -0.4 is 5.32 Å². The highest BCUT2D eigenvalue weighted by Gasteiger charge is 2.31. The predicted molar refractivity (Wildman–Crippen MR) is 69.8 cm³/mol. The smallest absolute Gasteiger partial charge is 0.124 e. The highest BCUT2D eigenvalue weighted by atomic mass is 32.1. The third-order valence-corrected chi connectivity index (χ3v) is 4.70. The molecule has 2 nitrogen and oxygen atoms in total. The van der Waals surface area contributed by atoms with Crippen LogP contribution in [0.2, 0.25) is 0 Å². The lowest BCUT2D eigenvalue weighted by atomic mass is 10.4. The number of thiazole rings is 1. The molecule has 0 saturated heterocycles. The minimum atomic E-state index is 0.742. The Morgan fingerprint density at radius 1 is 1.56 bits per heavy atom. The summed E-state index contributed by atoms with van der Waals surface area (Å²) in [5, 5.41) is 8.94. The first-order valence-electron chi connectivity index (χ1n) is 5.53. The van der Waals surface area contributed by atoms with Crippen molar-refractivity contribution in [2.45, 2.75) is 25.9 Å². The lowest BCUT2D eigenvalue weighted by molar-refractivity contribution is 0.658. The number of nitrogens with zero attached hydrogens (tertiary/aromatic N) is 1. The average molecular weight is 250 g/mol. The standard InChI is InChI=1S/C12H14N2S2/c1-8-4-11(8)13-5-10-6-14-12(16-10)9-2-3-15-7-9/h2-3,6-8,11,13H,4-5H2,1H3. The molecule has 0 amide bonds. The molecular formula is C12H14N2S2. The maximum atomic E-state index is 4.46. The van der Waals surface area contributed by atoms with E-state index in [0.717, 1.165) is 23.5 Å². The summed E-state index contributed by atoms with van der Waals surface area (Å²) in [4.78, 5) is 5.79. The van der Waals surface area contributed by atoms with E-state index in [-0.39, 0.29) is 0 Å². The second-order valence-electron chi connectivity index (χ2n) is 4.34. The molecule has 3 rings (SSSR count). The molecule has 0 aliphatic heterocycles. The summed E-state index contributed by atoms with van der Waals surface area (Å²) < 4.78 is 0. The van der Waals surface area contributed by atoms with Crippen molar-refractivity contribution in [1.82, 2.24) is 10.3 Å². The van der Waals surface area contributed by atoms with Crippen LogP contribution >= 0.6 is 22.7 Å². The van der Waals surface area contributed by atoms with Crippen molar-refractivity contribution in [2.75, 3.05) is 0 Å². The fourth-order valence-electron chi connectivity index (χ4n) is 1.75. The van der Waals surface area contributed by atoms with Crippen molar-refractivity contribution >= 4 is 22.7 Å². The molecule has 0 aromatic carbocycles. The first kappa shape index (κ1) is 10.4. The lowest BCUT2D eigenvalue weighted by Crippen LogP contribution is -2.16. The van der Waals surface area contributed by atoms with E-state index in [1.54, 1.807) is 22.7 Å². The molecular weight excluding hydrogens is 236 g/mol. The van der Waals surface area contributed by atoms with Gasteiger partial charge in [0, 0.05) is 34.6 Å². The Morgan fingerprint density at radius 2 is 2.44 bits per heavy atom. The molecule has 0 spiro atoms. The second-order valence-corrected chi connectivity index (χ2v) is 6.24. The normalized spacial score (nSPS) is 23.6. The van der Waals surface area contributed by atoms with E-state index in [0.29, 0.717) is 0 Å². The number of rotatable bonds is 4. The van der Waals surface area contributed by atoms with Crippen LogP contribution in [0.5, 0.6) is 0 Å². The molecule has 1 aliphatic rings. The third kappa shape index (κ3) is 2.19. The molecule has 1 fully saturated rings. The summed E-state index contributed by atoms with van der Waals surface area (Å²) in [6, 6.07) is 2.87. The lowest BCUT2D eigenvalue weighted by Gasteiger charge is -1.98. The zero-order valence-corrected chi connectivity index (χ0v) is 10.8. The van der Waals surface area contributed by atoms with Crippen LogP contribution in [0, 0.1) is 5.92 Å². The predicted octanol–water partition coefficient (Wildman–Crippen LogP) is 3.37. The van der Waals surface area contributed by atoms with Crippen LogP contribution in [0.3, 0.4) is 0 Å².